The molecule has 3 rings (SSSR count). The molecule has 0 spiro atoms. The fourth-order valence-corrected chi connectivity index (χ4v) is 2.89. The van der Waals surface area contributed by atoms with Crippen LogP contribution in [0.1, 0.15) is 27.2 Å². The number of fused-ring (bicyclic) bond motifs is 1. The van der Waals surface area contributed by atoms with Crippen LogP contribution >= 0.6 is 11.6 Å². The fraction of sp³-hybridized carbons (Fsp3) is 0.368. The molecular formula is C19H22ClN5O4. The number of hydrogen-bond donors (Lipinski definition) is 2. The van der Waals surface area contributed by atoms with Crippen LogP contribution in [0.5, 0.6) is 0 Å². The van der Waals surface area contributed by atoms with Crippen molar-refractivity contribution in [3.8, 4) is 5.95 Å². The molecule has 0 aliphatic carbocycles. The number of ether oxygens (including phenoxy) is 1. The smallest absolute Gasteiger partial charge is 0.414 e. The summed E-state index contributed by atoms with van der Waals surface area (Å²) < 4.78 is 6.43. The van der Waals surface area contributed by atoms with E-state index in [9.17, 15) is 9.59 Å². The van der Waals surface area contributed by atoms with Gasteiger partial charge in [-0.2, -0.15) is 9.78 Å². The second-order valence-corrected chi connectivity index (χ2v) is 7.73. The molecule has 154 valence electrons. The number of nitrogens with zero attached hydrogens (tertiary/aromatic N) is 4. The molecule has 0 saturated heterocycles. The molecule has 0 unspecified atom stereocenters. The summed E-state index contributed by atoms with van der Waals surface area (Å²) in [6, 6.07) is 7.30. The number of halogens is 1. The second-order valence-electron chi connectivity index (χ2n) is 7.35. The van der Waals surface area contributed by atoms with E-state index >= 15 is 0 Å². The van der Waals surface area contributed by atoms with Crippen LogP contribution in [0.2, 0.25) is 5.02 Å². The number of imidazole rings is 1. The Morgan fingerprint density at radius 1 is 1.34 bits per heavy atom. The number of aliphatic hydroxyl groups excluding tert-OH is 1. The Morgan fingerprint density at radius 3 is 2.72 bits per heavy atom. The van der Waals surface area contributed by atoms with Gasteiger partial charge in [0.05, 0.1) is 22.9 Å². The number of amides is 1. The number of aromatic nitrogens is 4. The van der Waals surface area contributed by atoms with E-state index in [0.29, 0.717) is 5.52 Å². The Hall–Kier alpha value is -2.91. The van der Waals surface area contributed by atoms with E-state index in [1.165, 1.54) is 11.1 Å². The number of H-pyrrole nitrogens is 1. The van der Waals surface area contributed by atoms with Gasteiger partial charge in [-0.1, -0.05) is 23.7 Å². The molecule has 2 heterocycles. The molecule has 2 aromatic heterocycles. The summed E-state index contributed by atoms with van der Waals surface area (Å²) >= 11 is 6.31. The molecule has 0 radical (unpaired) electrons. The number of rotatable bonds is 5. The fourth-order valence-electron chi connectivity index (χ4n) is 2.66. The Balaban J connectivity index is 2.01. The summed E-state index contributed by atoms with van der Waals surface area (Å²) in [6.45, 7) is 5.17. The van der Waals surface area contributed by atoms with Crippen molar-refractivity contribution in [2.45, 2.75) is 32.8 Å². The third-order valence-corrected chi connectivity index (χ3v) is 4.28. The molecule has 0 saturated carbocycles. The summed E-state index contributed by atoms with van der Waals surface area (Å²) in [5, 5.41) is 13.1. The monoisotopic (exact) mass is 419 g/mol. The molecular weight excluding hydrogens is 398 g/mol. The lowest BCUT2D eigenvalue weighted by atomic mass is 10.2. The minimum atomic E-state index is -0.738. The predicted octanol–water partition coefficient (Wildman–Crippen LogP) is 2.89. The van der Waals surface area contributed by atoms with E-state index in [1.807, 2.05) is 18.2 Å². The van der Waals surface area contributed by atoms with Crippen molar-refractivity contribution in [3.05, 3.63) is 45.8 Å². The van der Waals surface area contributed by atoms with Crippen molar-refractivity contribution in [3.63, 3.8) is 0 Å². The van der Waals surface area contributed by atoms with Gasteiger partial charge >= 0.3 is 6.09 Å². The standard InChI is InChI=1S/C19H22ClN5O4/c1-19(2,3)29-18(28)24(9-6-10-26)14-11-21-25(16(27)15(14)20)17-22-12-7-4-5-8-13(12)23-17/h4-5,7-8,11,26H,6,9-10H2,1-3H3,(H,22,23). The van der Waals surface area contributed by atoms with Crippen molar-refractivity contribution in [2.24, 2.45) is 0 Å². The van der Waals surface area contributed by atoms with Crippen LogP contribution in [0.15, 0.2) is 35.3 Å². The van der Waals surface area contributed by atoms with Gasteiger partial charge < -0.3 is 14.8 Å². The first kappa shape index (κ1) is 20.8. The van der Waals surface area contributed by atoms with Gasteiger partial charge in [-0.3, -0.25) is 9.69 Å². The summed E-state index contributed by atoms with van der Waals surface area (Å²) in [5.41, 5.74) is 0.148. The van der Waals surface area contributed by atoms with Crippen molar-refractivity contribution in [2.75, 3.05) is 18.1 Å². The molecule has 2 N–H and O–H groups in total. The minimum Gasteiger partial charge on any atom is -0.443 e. The quantitative estimate of drug-likeness (QED) is 0.657. The van der Waals surface area contributed by atoms with Crippen molar-refractivity contribution in [1.29, 1.82) is 0 Å². The van der Waals surface area contributed by atoms with E-state index in [-0.39, 0.29) is 36.2 Å². The lowest BCUT2D eigenvalue weighted by Crippen LogP contribution is -2.39. The number of para-hydroxylation sites is 2. The first-order chi connectivity index (χ1) is 13.7. The number of nitrogens with one attached hydrogen (secondary N) is 1. The number of anilines is 1. The molecule has 0 aliphatic heterocycles. The number of benzene rings is 1. The Kier molecular flexibility index (Phi) is 5.90. The van der Waals surface area contributed by atoms with Crippen LogP contribution in [0.4, 0.5) is 10.5 Å². The third kappa shape index (κ3) is 4.57. The van der Waals surface area contributed by atoms with Crippen LogP contribution in [-0.2, 0) is 4.74 Å². The van der Waals surface area contributed by atoms with Crippen LogP contribution < -0.4 is 10.5 Å². The second kappa shape index (κ2) is 8.22. The minimum absolute atomic E-state index is 0.103. The highest BCUT2D eigenvalue weighted by atomic mass is 35.5. The predicted molar refractivity (Wildman–Crippen MR) is 110 cm³/mol. The molecule has 1 amide bonds. The first-order valence-electron chi connectivity index (χ1n) is 9.05. The highest BCUT2D eigenvalue weighted by molar-refractivity contribution is 6.33. The zero-order chi connectivity index (χ0) is 21.2. The van der Waals surface area contributed by atoms with Crippen LogP contribution in [0, 0.1) is 0 Å². The summed E-state index contributed by atoms with van der Waals surface area (Å²) in [5.74, 6) is 0.212. The van der Waals surface area contributed by atoms with E-state index in [1.54, 1.807) is 26.8 Å². The molecule has 3 aromatic rings. The molecule has 1 aromatic carbocycles. The van der Waals surface area contributed by atoms with Crippen LogP contribution in [0.25, 0.3) is 17.0 Å². The average Bonchev–Trinajstić information content (AvgIpc) is 3.07. The van der Waals surface area contributed by atoms with Gasteiger partial charge in [0, 0.05) is 13.2 Å². The maximum atomic E-state index is 12.8. The van der Waals surface area contributed by atoms with E-state index < -0.39 is 17.3 Å². The van der Waals surface area contributed by atoms with Crippen molar-refractivity contribution < 1.29 is 14.6 Å². The first-order valence-corrected chi connectivity index (χ1v) is 9.43. The van der Waals surface area contributed by atoms with Gasteiger partial charge in [0.25, 0.3) is 5.56 Å². The zero-order valence-electron chi connectivity index (χ0n) is 16.3. The average molecular weight is 420 g/mol. The lowest BCUT2D eigenvalue weighted by molar-refractivity contribution is 0.0578. The largest absolute Gasteiger partial charge is 0.443 e. The van der Waals surface area contributed by atoms with E-state index in [2.05, 4.69) is 15.1 Å². The van der Waals surface area contributed by atoms with Crippen molar-refractivity contribution >= 4 is 34.4 Å². The van der Waals surface area contributed by atoms with E-state index in [0.717, 1.165) is 10.2 Å². The summed E-state index contributed by atoms with van der Waals surface area (Å²) in [4.78, 5) is 34.0. The zero-order valence-corrected chi connectivity index (χ0v) is 17.1. The SMILES string of the molecule is CC(C)(C)OC(=O)N(CCCO)c1cnn(-c2nc3ccccc3[nH]2)c(=O)c1Cl. The number of hydrogen-bond acceptors (Lipinski definition) is 6. The Bertz CT molecular complexity index is 1050. The molecule has 29 heavy (non-hydrogen) atoms. The molecule has 0 atom stereocenters. The number of aromatic amines is 1. The Labute approximate surface area is 171 Å². The topological polar surface area (TPSA) is 113 Å². The van der Waals surface area contributed by atoms with Crippen LogP contribution in [-0.4, -0.2) is 49.7 Å². The maximum absolute atomic E-state index is 12.8. The maximum Gasteiger partial charge on any atom is 0.414 e. The van der Waals surface area contributed by atoms with Gasteiger partial charge in [0.15, 0.2) is 0 Å². The molecule has 9 nitrogen and oxygen atoms in total. The highest BCUT2D eigenvalue weighted by Gasteiger charge is 2.27. The lowest BCUT2D eigenvalue weighted by Gasteiger charge is -2.27. The van der Waals surface area contributed by atoms with Gasteiger partial charge in [-0.25, -0.2) is 9.78 Å². The molecule has 0 bridgehead atoms. The van der Waals surface area contributed by atoms with Gasteiger partial charge in [0.1, 0.15) is 10.6 Å². The molecule has 0 aliphatic rings. The third-order valence-electron chi connectivity index (χ3n) is 3.92. The Morgan fingerprint density at radius 2 is 2.07 bits per heavy atom. The normalized spacial score (nSPS) is 11.6. The van der Waals surface area contributed by atoms with Crippen LogP contribution in [0.3, 0.4) is 0 Å². The van der Waals surface area contributed by atoms with Gasteiger partial charge in [-0.15, -0.1) is 0 Å². The van der Waals surface area contributed by atoms with Gasteiger partial charge in [0.2, 0.25) is 5.95 Å². The number of carbonyl (C=O) groups excluding carboxylic acids is 1. The number of aliphatic hydroxyl groups is 1. The highest BCUT2D eigenvalue weighted by Crippen LogP contribution is 2.24. The molecule has 0 fully saturated rings. The summed E-state index contributed by atoms with van der Waals surface area (Å²) in [6.07, 6.45) is 0.899. The molecule has 10 heteroatoms. The number of carbonyl (C=O) groups is 1. The van der Waals surface area contributed by atoms with Gasteiger partial charge in [-0.05, 0) is 39.3 Å². The summed E-state index contributed by atoms with van der Waals surface area (Å²) in [7, 11) is 0. The van der Waals surface area contributed by atoms with Crippen molar-refractivity contribution in [1.82, 2.24) is 19.7 Å². The van der Waals surface area contributed by atoms with E-state index in [4.69, 9.17) is 21.4 Å².